The molecule has 1 amide bonds. The van der Waals surface area contributed by atoms with Crippen LogP contribution < -0.4 is 11.1 Å². The van der Waals surface area contributed by atoms with Crippen LogP contribution in [0.5, 0.6) is 0 Å². The molecule has 7 heteroatoms. The highest BCUT2D eigenvalue weighted by molar-refractivity contribution is 6.00. The number of nitrogens with two attached hydrogens (primary N) is 1. The van der Waals surface area contributed by atoms with Crippen LogP contribution in [0.2, 0.25) is 0 Å². The minimum Gasteiger partial charge on any atom is -0.370 e. The van der Waals surface area contributed by atoms with E-state index in [1.807, 2.05) is 31.3 Å². The van der Waals surface area contributed by atoms with E-state index in [0.29, 0.717) is 18.4 Å². The van der Waals surface area contributed by atoms with Crippen molar-refractivity contribution >= 4 is 28.6 Å². The minimum atomic E-state index is 0.0395. The fourth-order valence-electron chi connectivity index (χ4n) is 4.53. The Morgan fingerprint density at radius 3 is 2.72 bits per heavy atom. The van der Waals surface area contributed by atoms with Gasteiger partial charge in [-0.2, -0.15) is 0 Å². The fraction of sp³-hybridized carbons (Fsp3) is 0.400. The number of nitrogens with one attached hydrogen (secondary N) is 2. The number of carbonyl (C=O) groups is 1. The molecule has 0 unspecified atom stereocenters. The number of fused-ring (bicyclic) bond motifs is 1. The first-order valence-electron chi connectivity index (χ1n) is 11.5. The molecule has 1 fully saturated rings. The molecule has 0 radical (unpaired) electrons. The monoisotopic (exact) mass is 432 g/mol. The molecule has 0 atom stereocenters. The molecule has 1 aliphatic carbocycles. The van der Waals surface area contributed by atoms with Crippen molar-refractivity contribution in [3.8, 4) is 0 Å². The van der Waals surface area contributed by atoms with Crippen LogP contribution in [0.25, 0.3) is 11.0 Å². The first-order valence-corrected chi connectivity index (χ1v) is 11.5. The normalized spacial score (nSPS) is 19.1. The number of rotatable bonds is 7. The van der Waals surface area contributed by atoms with E-state index in [2.05, 4.69) is 49.4 Å². The van der Waals surface area contributed by atoms with Gasteiger partial charge in [-0.05, 0) is 56.2 Å². The number of hydrogen-bond acceptors (Lipinski definition) is 3. The maximum Gasteiger partial charge on any atom is 0.227 e. The maximum atomic E-state index is 12.9. The van der Waals surface area contributed by atoms with Crippen molar-refractivity contribution in [1.82, 2.24) is 14.9 Å². The molecule has 1 aromatic carbocycles. The van der Waals surface area contributed by atoms with Gasteiger partial charge in [0, 0.05) is 43.3 Å². The average molecular weight is 433 g/mol. The van der Waals surface area contributed by atoms with E-state index < -0.39 is 0 Å². The number of anilines is 1. The Morgan fingerprint density at radius 2 is 1.97 bits per heavy atom. The fourth-order valence-corrected chi connectivity index (χ4v) is 4.53. The first kappa shape index (κ1) is 21.9. The molecule has 0 bridgehead atoms. The molecule has 2 aromatic heterocycles. The van der Waals surface area contributed by atoms with Gasteiger partial charge in [0.2, 0.25) is 5.91 Å². The highest BCUT2D eigenvalue weighted by atomic mass is 16.1. The van der Waals surface area contributed by atoms with Crippen molar-refractivity contribution in [1.29, 1.82) is 0 Å². The summed E-state index contributed by atoms with van der Waals surface area (Å²) in [4.78, 5) is 26.9. The Labute approximate surface area is 189 Å². The van der Waals surface area contributed by atoms with Crippen molar-refractivity contribution in [2.75, 3.05) is 18.4 Å². The molecule has 168 valence electrons. The SMILES string of the molecule is CCN=C(N)N(Cc1ccccc1)CC1CCC(C(=O)Nc2ccnc3[nH]ccc23)CC1. The number of aromatic amines is 1. The van der Waals surface area contributed by atoms with Crippen LogP contribution in [0.1, 0.15) is 38.2 Å². The van der Waals surface area contributed by atoms with Crippen LogP contribution in [-0.4, -0.2) is 39.8 Å². The summed E-state index contributed by atoms with van der Waals surface area (Å²) in [6.45, 7) is 4.30. The van der Waals surface area contributed by atoms with Gasteiger partial charge in [-0.15, -0.1) is 0 Å². The summed E-state index contributed by atoms with van der Waals surface area (Å²) >= 11 is 0. The minimum absolute atomic E-state index is 0.0395. The highest BCUT2D eigenvalue weighted by Crippen LogP contribution is 2.31. The predicted octanol–water partition coefficient (Wildman–Crippen LogP) is 4.14. The molecule has 1 aliphatic rings. The van der Waals surface area contributed by atoms with Gasteiger partial charge in [-0.1, -0.05) is 30.3 Å². The largest absolute Gasteiger partial charge is 0.370 e. The van der Waals surface area contributed by atoms with E-state index in [4.69, 9.17) is 5.73 Å². The van der Waals surface area contributed by atoms with Crippen molar-refractivity contribution in [3.05, 3.63) is 60.4 Å². The number of guanidine groups is 1. The van der Waals surface area contributed by atoms with E-state index in [9.17, 15) is 4.79 Å². The average Bonchev–Trinajstić information content (AvgIpc) is 3.30. The Bertz CT molecular complexity index is 1050. The number of aliphatic imine (C=N–C) groups is 1. The molecule has 32 heavy (non-hydrogen) atoms. The molecule has 0 aliphatic heterocycles. The summed E-state index contributed by atoms with van der Waals surface area (Å²) in [6.07, 6.45) is 7.36. The second-order valence-electron chi connectivity index (χ2n) is 8.50. The Hall–Kier alpha value is -3.35. The van der Waals surface area contributed by atoms with E-state index in [0.717, 1.165) is 55.5 Å². The second kappa shape index (κ2) is 10.3. The van der Waals surface area contributed by atoms with E-state index >= 15 is 0 Å². The standard InChI is InChI=1S/C25H32N6O/c1-2-27-25(26)31(16-18-6-4-3-5-7-18)17-19-8-10-20(11-9-19)24(32)30-22-13-15-29-23-21(22)12-14-28-23/h3-7,12-15,19-20H,2,8-11,16-17H2,1H3,(H2,26,27)(H2,28,29,30,32). The van der Waals surface area contributed by atoms with Gasteiger partial charge in [0.25, 0.3) is 0 Å². The summed E-state index contributed by atoms with van der Waals surface area (Å²) in [5.74, 6) is 1.25. The van der Waals surface area contributed by atoms with Crippen molar-refractivity contribution < 1.29 is 4.79 Å². The summed E-state index contributed by atoms with van der Waals surface area (Å²) < 4.78 is 0. The van der Waals surface area contributed by atoms with E-state index in [1.165, 1.54) is 5.56 Å². The number of benzene rings is 1. The molecule has 4 rings (SSSR count). The third-order valence-electron chi connectivity index (χ3n) is 6.27. The Balaban J connectivity index is 1.34. The molecule has 1 saturated carbocycles. The quantitative estimate of drug-likeness (QED) is 0.386. The molecule has 4 N–H and O–H groups in total. The highest BCUT2D eigenvalue weighted by Gasteiger charge is 2.28. The predicted molar refractivity (Wildman–Crippen MR) is 129 cm³/mol. The lowest BCUT2D eigenvalue weighted by Gasteiger charge is -2.33. The zero-order valence-electron chi connectivity index (χ0n) is 18.6. The van der Waals surface area contributed by atoms with Crippen molar-refractivity contribution in [3.63, 3.8) is 0 Å². The number of H-pyrrole nitrogens is 1. The zero-order valence-corrected chi connectivity index (χ0v) is 18.6. The van der Waals surface area contributed by atoms with Gasteiger partial charge < -0.3 is 20.9 Å². The number of hydrogen-bond donors (Lipinski definition) is 3. The summed E-state index contributed by atoms with van der Waals surface area (Å²) in [7, 11) is 0. The molecule has 0 saturated heterocycles. The molecular weight excluding hydrogens is 400 g/mol. The lowest BCUT2D eigenvalue weighted by molar-refractivity contribution is -0.121. The lowest BCUT2D eigenvalue weighted by Crippen LogP contribution is -2.41. The number of amides is 1. The second-order valence-corrected chi connectivity index (χ2v) is 8.50. The number of nitrogens with zero attached hydrogens (tertiary/aromatic N) is 3. The number of pyridine rings is 1. The van der Waals surface area contributed by atoms with Gasteiger partial charge in [0.1, 0.15) is 5.65 Å². The summed E-state index contributed by atoms with van der Waals surface area (Å²) in [5, 5.41) is 4.06. The Kier molecular flexibility index (Phi) is 7.04. The topological polar surface area (TPSA) is 99.4 Å². The van der Waals surface area contributed by atoms with Crippen LogP contribution in [-0.2, 0) is 11.3 Å². The van der Waals surface area contributed by atoms with Crippen molar-refractivity contribution in [2.24, 2.45) is 22.6 Å². The van der Waals surface area contributed by atoms with Gasteiger partial charge in [-0.3, -0.25) is 9.79 Å². The molecular formula is C25H32N6O. The number of carbonyl (C=O) groups excluding carboxylic acids is 1. The van der Waals surface area contributed by atoms with E-state index in [-0.39, 0.29) is 11.8 Å². The molecule has 2 heterocycles. The third-order valence-corrected chi connectivity index (χ3v) is 6.27. The maximum absolute atomic E-state index is 12.9. The van der Waals surface area contributed by atoms with Gasteiger partial charge in [0.05, 0.1) is 5.69 Å². The zero-order chi connectivity index (χ0) is 22.3. The third kappa shape index (κ3) is 5.28. The summed E-state index contributed by atoms with van der Waals surface area (Å²) in [6, 6.07) is 14.2. The first-order chi connectivity index (χ1) is 15.6. The van der Waals surface area contributed by atoms with E-state index in [1.54, 1.807) is 6.20 Å². The van der Waals surface area contributed by atoms with Crippen LogP contribution in [0.3, 0.4) is 0 Å². The number of aromatic nitrogens is 2. The van der Waals surface area contributed by atoms with Gasteiger partial charge >= 0.3 is 0 Å². The van der Waals surface area contributed by atoms with Crippen LogP contribution in [0, 0.1) is 11.8 Å². The smallest absolute Gasteiger partial charge is 0.227 e. The van der Waals surface area contributed by atoms with Crippen molar-refractivity contribution in [2.45, 2.75) is 39.2 Å². The molecule has 0 spiro atoms. The van der Waals surface area contributed by atoms with Gasteiger partial charge in [-0.25, -0.2) is 4.98 Å². The lowest BCUT2D eigenvalue weighted by atomic mass is 9.81. The Morgan fingerprint density at radius 1 is 1.19 bits per heavy atom. The molecule has 3 aromatic rings. The molecule has 7 nitrogen and oxygen atoms in total. The van der Waals surface area contributed by atoms with Crippen LogP contribution in [0.15, 0.2) is 59.9 Å². The van der Waals surface area contributed by atoms with Gasteiger partial charge in [0.15, 0.2) is 5.96 Å². The summed E-state index contributed by atoms with van der Waals surface area (Å²) in [5.41, 5.74) is 9.13. The van der Waals surface area contributed by atoms with Crippen LogP contribution in [0.4, 0.5) is 5.69 Å². The van der Waals surface area contributed by atoms with Crippen LogP contribution >= 0.6 is 0 Å².